The Kier molecular flexibility index (Phi) is 5.62. The van der Waals surface area contributed by atoms with Gasteiger partial charge in [0, 0.05) is 25.8 Å². The molecule has 5 nitrogen and oxygen atoms in total. The maximum Gasteiger partial charge on any atom is 0.252 e. The monoisotopic (exact) mass is 442 g/mol. The molecule has 1 atom stereocenters. The van der Waals surface area contributed by atoms with Gasteiger partial charge in [-0.2, -0.15) is 4.31 Å². The quantitative estimate of drug-likeness (QED) is 0.726. The fraction of sp³-hybridized carbons (Fsp3) is 0.353. The zero-order valence-electron chi connectivity index (χ0n) is 13.8. The standard InChI is InChI=1S/C17H19BrN2O3S2/c1-19(14-7-3-2-4-8-14)17(21)13-6-5-11-20(12-13)25(22,23)16-10-9-15(18)24-16/h2-4,7-10,13H,5-6,11-12H2,1H3/t13-/m1/s1. The van der Waals surface area contributed by atoms with Crippen molar-refractivity contribution < 1.29 is 13.2 Å². The summed E-state index contributed by atoms with van der Waals surface area (Å²) in [5, 5.41) is 0. The molecule has 1 amide bonds. The van der Waals surface area contributed by atoms with E-state index in [9.17, 15) is 13.2 Å². The van der Waals surface area contributed by atoms with Gasteiger partial charge in [0.05, 0.1) is 9.70 Å². The van der Waals surface area contributed by atoms with E-state index in [1.165, 1.54) is 15.6 Å². The molecule has 0 N–H and O–H groups in total. The summed E-state index contributed by atoms with van der Waals surface area (Å²) in [6, 6.07) is 12.7. The number of amides is 1. The van der Waals surface area contributed by atoms with E-state index >= 15 is 0 Å². The lowest BCUT2D eigenvalue weighted by atomic mass is 9.98. The molecule has 1 saturated heterocycles. The molecule has 2 aromatic rings. The van der Waals surface area contributed by atoms with Crippen molar-refractivity contribution in [2.75, 3.05) is 25.0 Å². The number of nitrogens with zero attached hydrogens (tertiary/aromatic N) is 2. The highest BCUT2D eigenvalue weighted by Gasteiger charge is 2.35. The third-order valence-electron chi connectivity index (χ3n) is 4.35. The lowest BCUT2D eigenvalue weighted by Gasteiger charge is -2.33. The number of anilines is 1. The molecule has 0 bridgehead atoms. The molecule has 1 aliphatic heterocycles. The molecule has 0 saturated carbocycles. The van der Waals surface area contributed by atoms with Crippen LogP contribution in [0.4, 0.5) is 5.69 Å². The minimum absolute atomic E-state index is 0.0431. The average molecular weight is 443 g/mol. The first-order valence-electron chi connectivity index (χ1n) is 7.97. The van der Waals surface area contributed by atoms with Gasteiger partial charge in [0.15, 0.2) is 0 Å². The second-order valence-electron chi connectivity index (χ2n) is 5.99. The number of hydrogen-bond donors (Lipinski definition) is 0. The van der Waals surface area contributed by atoms with Crippen LogP contribution >= 0.6 is 27.3 Å². The Bertz CT molecular complexity index is 852. The first kappa shape index (κ1) is 18.6. The number of sulfonamides is 1. The molecule has 134 valence electrons. The van der Waals surface area contributed by atoms with Crippen molar-refractivity contribution in [3.8, 4) is 0 Å². The number of carbonyl (C=O) groups is 1. The van der Waals surface area contributed by atoms with Gasteiger partial charge in [-0.3, -0.25) is 4.79 Å². The van der Waals surface area contributed by atoms with Gasteiger partial charge >= 0.3 is 0 Å². The number of carbonyl (C=O) groups excluding carboxylic acids is 1. The van der Waals surface area contributed by atoms with E-state index < -0.39 is 10.0 Å². The van der Waals surface area contributed by atoms with E-state index in [0.29, 0.717) is 23.6 Å². The smallest absolute Gasteiger partial charge is 0.252 e. The van der Waals surface area contributed by atoms with Crippen molar-refractivity contribution in [2.45, 2.75) is 17.1 Å². The van der Waals surface area contributed by atoms with E-state index in [1.807, 2.05) is 30.3 Å². The van der Waals surface area contributed by atoms with Crippen LogP contribution in [0.15, 0.2) is 50.5 Å². The van der Waals surface area contributed by atoms with Gasteiger partial charge < -0.3 is 4.90 Å². The van der Waals surface area contributed by atoms with Gasteiger partial charge in [0.25, 0.3) is 10.0 Å². The summed E-state index contributed by atoms with van der Waals surface area (Å²) < 4.78 is 28.1. The summed E-state index contributed by atoms with van der Waals surface area (Å²) in [5.41, 5.74) is 0.815. The summed E-state index contributed by atoms with van der Waals surface area (Å²) in [5.74, 6) is -0.365. The number of thiophene rings is 1. The summed E-state index contributed by atoms with van der Waals surface area (Å²) in [6.45, 7) is 0.685. The molecule has 25 heavy (non-hydrogen) atoms. The Morgan fingerprint density at radius 3 is 2.60 bits per heavy atom. The first-order chi connectivity index (χ1) is 11.9. The molecule has 8 heteroatoms. The average Bonchev–Trinajstić information content (AvgIpc) is 3.08. The molecule has 1 fully saturated rings. The third kappa shape index (κ3) is 3.97. The van der Waals surface area contributed by atoms with Gasteiger partial charge in [-0.05, 0) is 53.0 Å². The molecule has 0 aliphatic carbocycles. The number of hydrogen-bond acceptors (Lipinski definition) is 4. The van der Waals surface area contributed by atoms with Gasteiger partial charge in [0.1, 0.15) is 4.21 Å². The molecule has 3 rings (SSSR count). The van der Waals surface area contributed by atoms with Crippen molar-refractivity contribution in [3.63, 3.8) is 0 Å². The second-order valence-corrected chi connectivity index (χ2v) is 10.6. The van der Waals surface area contributed by atoms with Crippen LogP contribution in [0.5, 0.6) is 0 Å². The van der Waals surface area contributed by atoms with Gasteiger partial charge in [-0.15, -0.1) is 11.3 Å². The molecule has 0 spiro atoms. The van der Waals surface area contributed by atoms with E-state index in [1.54, 1.807) is 24.1 Å². The fourth-order valence-corrected chi connectivity index (χ4v) is 6.67. The lowest BCUT2D eigenvalue weighted by molar-refractivity contribution is -0.123. The maximum atomic E-state index is 12.8. The van der Waals surface area contributed by atoms with E-state index in [4.69, 9.17) is 0 Å². The zero-order valence-corrected chi connectivity index (χ0v) is 17.0. The third-order valence-corrected chi connectivity index (χ3v) is 8.31. The Morgan fingerprint density at radius 1 is 1.24 bits per heavy atom. The summed E-state index contributed by atoms with van der Waals surface area (Å²) in [6.07, 6.45) is 1.39. The van der Waals surface area contributed by atoms with Crippen LogP contribution in [0.1, 0.15) is 12.8 Å². The number of piperidine rings is 1. The van der Waals surface area contributed by atoms with Crippen molar-refractivity contribution in [1.29, 1.82) is 0 Å². The summed E-state index contributed by atoms with van der Waals surface area (Å²) in [7, 11) is -1.81. The molecule has 0 unspecified atom stereocenters. The summed E-state index contributed by atoms with van der Waals surface area (Å²) in [4.78, 5) is 14.4. The first-order valence-corrected chi connectivity index (χ1v) is 11.0. The van der Waals surface area contributed by atoms with E-state index in [0.717, 1.165) is 9.47 Å². The second kappa shape index (κ2) is 7.57. The minimum atomic E-state index is -3.55. The topological polar surface area (TPSA) is 57.7 Å². The van der Waals surface area contributed by atoms with Crippen LogP contribution in [0, 0.1) is 5.92 Å². The van der Waals surface area contributed by atoms with E-state index in [-0.39, 0.29) is 18.4 Å². The Morgan fingerprint density at radius 2 is 1.96 bits per heavy atom. The number of rotatable bonds is 4. The molecule has 2 heterocycles. The molecule has 0 radical (unpaired) electrons. The van der Waals surface area contributed by atoms with Crippen molar-refractivity contribution in [1.82, 2.24) is 4.31 Å². The predicted molar refractivity (Wildman–Crippen MR) is 103 cm³/mol. The number of benzene rings is 1. The Balaban J connectivity index is 1.76. The molecular weight excluding hydrogens is 424 g/mol. The van der Waals surface area contributed by atoms with Crippen molar-refractivity contribution in [2.24, 2.45) is 5.92 Å². The van der Waals surface area contributed by atoms with Crippen LogP contribution in [-0.4, -0.2) is 38.8 Å². The number of para-hydroxylation sites is 1. The zero-order chi connectivity index (χ0) is 18.0. The fourth-order valence-electron chi connectivity index (χ4n) is 2.98. The van der Waals surface area contributed by atoms with Crippen LogP contribution < -0.4 is 4.90 Å². The van der Waals surface area contributed by atoms with E-state index in [2.05, 4.69) is 15.9 Å². The van der Waals surface area contributed by atoms with Gasteiger partial charge in [-0.1, -0.05) is 18.2 Å². The molecule has 1 aromatic heterocycles. The minimum Gasteiger partial charge on any atom is -0.315 e. The largest absolute Gasteiger partial charge is 0.315 e. The van der Waals surface area contributed by atoms with Crippen LogP contribution in [0.2, 0.25) is 0 Å². The van der Waals surface area contributed by atoms with Crippen molar-refractivity contribution >= 4 is 48.9 Å². The lowest BCUT2D eigenvalue weighted by Crippen LogP contribution is -2.45. The highest BCUT2D eigenvalue weighted by atomic mass is 79.9. The Labute approximate surface area is 160 Å². The molecule has 1 aliphatic rings. The van der Waals surface area contributed by atoms with Crippen molar-refractivity contribution in [3.05, 3.63) is 46.3 Å². The predicted octanol–water partition coefficient (Wildman–Crippen LogP) is 3.57. The van der Waals surface area contributed by atoms with Crippen LogP contribution in [0.25, 0.3) is 0 Å². The highest BCUT2D eigenvalue weighted by molar-refractivity contribution is 9.11. The van der Waals surface area contributed by atoms with Gasteiger partial charge in [0.2, 0.25) is 5.91 Å². The molecular formula is C17H19BrN2O3S2. The SMILES string of the molecule is CN(C(=O)[C@@H]1CCCN(S(=O)(=O)c2ccc(Br)s2)C1)c1ccccc1. The summed E-state index contributed by atoms with van der Waals surface area (Å²) >= 11 is 4.50. The maximum absolute atomic E-state index is 12.8. The molecule has 1 aromatic carbocycles. The Hall–Kier alpha value is -1.22. The van der Waals surface area contributed by atoms with Crippen LogP contribution in [-0.2, 0) is 14.8 Å². The normalized spacial score (nSPS) is 18.9. The van der Waals surface area contributed by atoms with Gasteiger partial charge in [-0.25, -0.2) is 8.42 Å². The highest BCUT2D eigenvalue weighted by Crippen LogP contribution is 2.31. The van der Waals surface area contributed by atoms with Crippen LogP contribution in [0.3, 0.4) is 0 Å². The number of halogens is 1.